The average Bonchev–Trinajstić information content (AvgIpc) is 2.48. The van der Waals surface area contributed by atoms with Crippen LogP contribution in [0.25, 0.3) is 0 Å². The standard InChI is InChI=1S/C17H24N2/c1-16(2,13-18)17(19,14-9-5-3-6-10-14)15-11-7-4-8-12-15/h3,5-6,9-10,15H,4,7-8,11-12,19H2,1-2H3. The van der Waals surface area contributed by atoms with Crippen molar-refractivity contribution >= 4 is 0 Å². The van der Waals surface area contributed by atoms with Crippen molar-refractivity contribution in [3.05, 3.63) is 35.9 Å². The molecule has 1 aliphatic carbocycles. The summed E-state index contributed by atoms with van der Waals surface area (Å²) in [6, 6.07) is 12.7. The fourth-order valence-electron chi connectivity index (χ4n) is 3.47. The van der Waals surface area contributed by atoms with Gasteiger partial charge in [0.05, 0.1) is 17.0 Å². The van der Waals surface area contributed by atoms with Crippen LogP contribution in [0.3, 0.4) is 0 Å². The summed E-state index contributed by atoms with van der Waals surface area (Å²) in [5.41, 5.74) is 6.85. The van der Waals surface area contributed by atoms with Crippen molar-refractivity contribution in [1.29, 1.82) is 5.26 Å². The molecule has 2 heteroatoms. The molecule has 2 nitrogen and oxygen atoms in total. The van der Waals surface area contributed by atoms with Crippen molar-refractivity contribution < 1.29 is 0 Å². The molecule has 0 amide bonds. The second kappa shape index (κ2) is 5.35. The summed E-state index contributed by atoms with van der Waals surface area (Å²) in [6.45, 7) is 3.96. The maximum Gasteiger partial charge on any atom is 0.0741 e. The van der Waals surface area contributed by atoms with Gasteiger partial charge in [0, 0.05) is 0 Å². The summed E-state index contributed by atoms with van der Waals surface area (Å²) in [5, 5.41) is 9.59. The third-order valence-corrected chi connectivity index (χ3v) is 4.81. The number of rotatable bonds is 3. The first kappa shape index (κ1) is 14.1. The van der Waals surface area contributed by atoms with Crippen molar-refractivity contribution in [1.82, 2.24) is 0 Å². The Bertz CT molecular complexity index is 452. The van der Waals surface area contributed by atoms with E-state index in [0.717, 1.165) is 18.4 Å². The number of nitriles is 1. The maximum absolute atomic E-state index is 9.59. The third kappa shape index (κ3) is 2.40. The highest BCUT2D eigenvalue weighted by molar-refractivity contribution is 5.31. The molecule has 0 saturated heterocycles. The third-order valence-electron chi connectivity index (χ3n) is 4.81. The van der Waals surface area contributed by atoms with Crippen molar-refractivity contribution in [2.24, 2.45) is 17.1 Å². The lowest BCUT2D eigenvalue weighted by atomic mass is 9.59. The molecule has 0 aromatic heterocycles. The Balaban J connectivity index is 2.47. The first-order valence-corrected chi connectivity index (χ1v) is 7.28. The second-order valence-corrected chi connectivity index (χ2v) is 6.31. The van der Waals surface area contributed by atoms with E-state index in [-0.39, 0.29) is 0 Å². The highest BCUT2D eigenvalue weighted by Gasteiger charge is 2.49. The van der Waals surface area contributed by atoms with Gasteiger partial charge in [0.25, 0.3) is 0 Å². The Kier molecular flexibility index (Phi) is 3.96. The smallest absolute Gasteiger partial charge is 0.0741 e. The van der Waals surface area contributed by atoms with E-state index in [1.807, 2.05) is 32.0 Å². The van der Waals surface area contributed by atoms with E-state index < -0.39 is 11.0 Å². The van der Waals surface area contributed by atoms with E-state index >= 15 is 0 Å². The summed E-state index contributed by atoms with van der Waals surface area (Å²) in [4.78, 5) is 0. The predicted molar refractivity (Wildman–Crippen MR) is 78.3 cm³/mol. The SMILES string of the molecule is CC(C)(C#N)C(N)(c1ccccc1)C1CCCCC1. The zero-order valence-corrected chi connectivity index (χ0v) is 12.0. The van der Waals surface area contributed by atoms with Crippen LogP contribution in [-0.4, -0.2) is 0 Å². The van der Waals surface area contributed by atoms with Gasteiger partial charge in [0.15, 0.2) is 0 Å². The quantitative estimate of drug-likeness (QED) is 0.889. The van der Waals surface area contributed by atoms with Gasteiger partial charge in [-0.05, 0) is 38.2 Å². The summed E-state index contributed by atoms with van der Waals surface area (Å²) in [6.07, 6.45) is 6.04. The molecule has 2 N–H and O–H groups in total. The topological polar surface area (TPSA) is 49.8 Å². The molecule has 0 spiro atoms. The Hall–Kier alpha value is -1.33. The van der Waals surface area contributed by atoms with Crippen molar-refractivity contribution in [2.75, 3.05) is 0 Å². The first-order chi connectivity index (χ1) is 9.02. The van der Waals surface area contributed by atoms with E-state index in [2.05, 4.69) is 18.2 Å². The first-order valence-electron chi connectivity index (χ1n) is 7.28. The molecule has 0 bridgehead atoms. The van der Waals surface area contributed by atoms with Gasteiger partial charge in [-0.1, -0.05) is 49.6 Å². The molecular weight excluding hydrogens is 232 g/mol. The van der Waals surface area contributed by atoms with Gasteiger partial charge in [-0.3, -0.25) is 0 Å². The van der Waals surface area contributed by atoms with E-state index in [1.54, 1.807) is 0 Å². The lowest BCUT2D eigenvalue weighted by molar-refractivity contribution is 0.108. The molecule has 1 aromatic carbocycles. The molecule has 2 rings (SSSR count). The fraction of sp³-hybridized carbons (Fsp3) is 0.588. The van der Waals surface area contributed by atoms with Crippen LogP contribution >= 0.6 is 0 Å². The van der Waals surface area contributed by atoms with Gasteiger partial charge < -0.3 is 5.73 Å². The highest BCUT2D eigenvalue weighted by atomic mass is 14.8. The molecular formula is C17H24N2. The molecule has 1 saturated carbocycles. The molecule has 1 aliphatic rings. The number of benzene rings is 1. The minimum Gasteiger partial charge on any atom is -0.320 e. The van der Waals surface area contributed by atoms with Crippen LogP contribution in [0.4, 0.5) is 0 Å². The number of hydrogen-bond acceptors (Lipinski definition) is 2. The molecule has 1 atom stereocenters. The monoisotopic (exact) mass is 256 g/mol. The molecule has 102 valence electrons. The minimum absolute atomic E-state index is 0.401. The van der Waals surface area contributed by atoms with Crippen LogP contribution in [0.5, 0.6) is 0 Å². The normalized spacial score (nSPS) is 20.5. The lowest BCUT2D eigenvalue weighted by Gasteiger charge is -2.47. The van der Waals surface area contributed by atoms with Gasteiger partial charge in [0.1, 0.15) is 0 Å². The Morgan fingerprint density at radius 1 is 1.11 bits per heavy atom. The number of hydrogen-bond donors (Lipinski definition) is 1. The predicted octanol–water partition coefficient (Wildman–Crippen LogP) is 3.97. The Morgan fingerprint density at radius 2 is 1.68 bits per heavy atom. The van der Waals surface area contributed by atoms with Crippen molar-refractivity contribution in [3.8, 4) is 6.07 Å². The average molecular weight is 256 g/mol. The summed E-state index contributed by atoms with van der Waals surface area (Å²) in [7, 11) is 0. The summed E-state index contributed by atoms with van der Waals surface area (Å²) >= 11 is 0. The minimum atomic E-state index is -0.559. The van der Waals surface area contributed by atoms with Crippen LogP contribution in [0.1, 0.15) is 51.5 Å². The van der Waals surface area contributed by atoms with E-state index in [9.17, 15) is 5.26 Å². The van der Waals surface area contributed by atoms with E-state index in [0.29, 0.717) is 5.92 Å². The van der Waals surface area contributed by atoms with Gasteiger partial charge in [0.2, 0.25) is 0 Å². The van der Waals surface area contributed by atoms with Crippen molar-refractivity contribution in [2.45, 2.75) is 51.5 Å². The van der Waals surface area contributed by atoms with Crippen LogP contribution in [-0.2, 0) is 5.54 Å². The van der Waals surface area contributed by atoms with Crippen LogP contribution < -0.4 is 5.73 Å². The molecule has 0 radical (unpaired) electrons. The molecule has 0 heterocycles. The van der Waals surface area contributed by atoms with E-state index in [4.69, 9.17) is 5.73 Å². The maximum atomic E-state index is 9.59. The van der Waals surface area contributed by atoms with Gasteiger partial charge >= 0.3 is 0 Å². The molecule has 0 aliphatic heterocycles. The van der Waals surface area contributed by atoms with E-state index in [1.165, 1.54) is 19.3 Å². The molecule has 1 fully saturated rings. The zero-order valence-electron chi connectivity index (χ0n) is 12.0. The zero-order chi connectivity index (χ0) is 13.9. The van der Waals surface area contributed by atoms with Crippen LogP contribution in [0.2, 0.25) is 0 Å². The number of nitrogens with zero attached hydrogens (tertiary/aromatic N) is 1. The molecule has 19 heavy (non-hydrogen) atoms. The van der Waals surface area contributed by atoms with Gasteiger partial charge in [-0.2, -0.15) is 5.26 Å². The lowest BCUT2D eigenvalue weighted by Crippen LogP contribution is -2.55. The largest absolute Gasteiger partial charge is 0.320 e. The molecule has 1 unspecified atom stereocenters. The summed E-state index contributed by atoms with van der Waals surface area (Å²) in [5.74, 6) is 0.401. The van der Waals surface area contributed by atoms with Gasteiger partial charge in [-0.15, -0.1) is 0 Å². The molecule has 1 aromatic rings. The second-order valence-electron chi connectivity index (χ2n) is 6.31. The summed E-state index contributed by atoms with van der Waals surface area (Å²) < 4.78 is 0. The number of nitrogens with two attached hydrogens (primary N) is 1. The van der Waals surface area contributed by atoms with Crippen molar-refractivity contribution in [3.63, 3.8) is 0 Å². The van der Waals surface area contributed by atoms with Crippen LogP contribution in [0.15, 0.2) is 30.3 Å². The highest BCUT2D eigenvalue weighted by Crippen LogP contribution is 2.47. The van der Waals surface area contributed by atoms with Gasteiger partial charge in [-0.25, -0.2) is 0 Å². The van der Waals surface area contributed by atoms with Crippen LogP contribution in [0, 0.1) is 22.7 Å². The fourth-order valence-corrected chi connectivity index (χ4v) is 3.47. The Morgan fingerprint density at radius 3 is 2.21 bits per heavy atom. The Labute approximate surface area is 116 Å².